The van der Waals surface area contributed by atoms with Crippen molar-refractivity contribution in [3.63, 3.8) is 0 Å². The number of anilines is 1. The highest BCUT2D eigenvalue weighted by atomic mass is 32.2. The quantitative estimate of drug-likeness (QED) is 0.397. The number of sulfonamides is 1. The van der Waals surface area contributed by atoms with E-state index < -0.39 is 15.8 Å². The molecule has 3 rings (SSSR count). The van der Waals surface area contributed by atoms with Crippen LogP contribution in [-0.2, 0) is 10.0 Å². The average molecular weight is 445 g/mol. The van der Waals surface area contributed by atoms with E-state index in [-0.39, 0.29) is 22.1 Å². The molecule has 0 aromatic heterocycles. The molecule has 0 aliphatic rings. The molecule has 8 heteroatoms. The van der Waals surface area contributed by atoms with Crippen molar-refractivity contribution in [1.29, 1.82) is 0 Å². The second kappa shape index (κ2) is 9.77. The van der Waals surface area contributed by atoms with Gasteiger partial charge in [0, 0.05) is 22.8 Å². The Kier molecular flexibility index (Phi) is 7.12. The molecule has 0 fully saturated rings. The highest BCUT2D eigenvalue weighted by molar-refractivity contribution is 7.99. The van der Waals surface area contributed by atoms with E-state index >= 15 is 0 Å². The largest absolute Gasteiger partial charge is 0.351 e. The number of aryl methyl sites for hydroxylation is 1. The van der Waals surface area contributed by atoms with Crippen molar-refractivity contribution in [3.8, 4) is 0 Å². The van der Waals surface area contributed by atoms with Crippen molar-refractivity contribution >= 4 is 33.4 Å². The topological polar surface area (TPSA) is 75.3 Å². The van der Waals surface area contributed by atoms with Gasteiger partial charge in [0.15, 0.2) is 0 Å². The van der Waals surface area contributed by atoms with Crippen LogP contribution in [0.5, 0.6) is 0 Å². The highest BCUT2D eigenvalue weighted by Gasteiger charge is 2.18. The molecule has 0 spiro atoms. The lowest BCUT2D eigenvalue weighted by Gasteiger charge is -2.10. The third-order valence-electron chi connectivity index (χ3n) is 4.20. The fraction of sp³-hybridized carbons (Fsp3) is 0.136. The lowest BCUT2D eigenvalue weighted by molar-refractivity contribution is 0.0956. The monoisotopic (exact) mass is 444 g/mol. The maximum Gasteiger partial charge on any atom is 0.262 e. The number of para-hydroxylation sites is 1. The SMILES string of the molecule is Cc1ccc(SCCNC(=O)c2cccc(S(=O)(=O)Nc3ccccc3F)c2)cc1. The van der Waals surface area contributed by atoms with Gasteiger partial charge in [-0.3, -0.25) is 9.52 Å². The van der Waals surface area contributed by atoms with E-state index in [0.717, 1.165) is 11.0 Å². The number of amides is 1. The van der Waals surface area contributed by atoms with Gasteiger partial charge in [-0.1, -0.05) is 35.9 Å². The first-order valence-electron chi connectivity index (χ1n) is 9.20. The van der Waals surface area contributed by atoms with Gasteiger partial charge >= 0.3 is 0 Å². The molecule has 0 unspecified atom stereocenters. The van der Waals surface area contributed by atoms with Crippen LogP contribution in [0.2, 0.25) is 0 Å². The molecule has 3 aromatic rings. The van der Waals surface area contributed by atoms with E-state index in [4.69, 9.17) is 0 Å². The standard InChI is InChI=1S/C22H21FN2O3S2/c1-16-9-11-18(12-10-16)29-14-13-24-22(26)17-5-4-6-19(15-17)30(27,28)25-21-8-3-2-7-20(21)23/h2-12,15,25H,13-14H2,1H3,(H,24,26). The van der Waals surface area contributed by atoms with Crippen LogP contribution in [-0.4, -0.2) is 26.6 Å². The van der Waals surface area contributed by atoms with Gasteiger partial charge in [0.05, 0.1) is 10.6 Å². The summed E-state index contributed by atoms with van der Waals surface area (Å²) in [4.78, 5) is 13.4. The van der Waals surface area contributed by atoms with Crippen molar-refractivity contribution in [2.24, 2.45) is 0 Å². The number of benzene rings is 3. The van der Waals surface area contributed by atoms with Crippen LogP contribution in [0.3, 0.4) is 0 Å². The summed E-state index contributed by atoms with van der Waals surface area (Å²) in [6.45, 7) is 2.46. The molecule has 0 atom stereocenters. The van der Waals surface area contributed by atoms with Gasteiger partial charge in [0.1, 0.15) is 5.82 Å². The Morgan fingerprint density at radius 2 is 1.73 bits per heavy atom. The molecule has 2 N–H and O–H groups in total. The minimum atomic E-state index is -4.03. The van der Waals surface area contributed by atoms with Crippen LogP contribution in [0.15, 0.2) is 82.6 Å². The van der Waals surface area contributed by atoms with Gasteiger partial charge in [-0.2, -0.15) is 0 Å². The minimum absolute atomic E-state index is 0.118. The van der Waals surface area contributed by atoms with Crippen molar-refractivity contribution in [1.82, 2.24) is 5.32 Å². The maximum atomic E-state index is 13.8. The Morgan fingerprint density at radius 1 is 1.00 bits per heavy atom. The van der Waals surface area contributed by atoms with E-state index in [9.17, 15) is 17.6 Å². The first kappa shape index (κ1) is 21.9. The van der Waals surface area contributed by atoms with E-state index in [2.05, 4.69) is 10.0 Å². The molecular formula is C22H21FN2O3S2. The fourth-order valence-electron chi connectivity index (χ4n) is 2.62. The van der Waals surface area contributed by atoms with Gasteiger partial charge < -0.3 is 5.32 Å². The Balaban J connectivity index is 1.60. The molecular weight excluding hydrogens is 423 g/mol. The lowest BCUT2D eigenvalue weighted by atomic mass is 10.2. The summed E-state index contributed by atoms with van der Waals surface area (Å²) in [5.41, 5.74) is 1.25. The zero-order chi connectivity index (χ0) is 21.6. The number of nitrogens with one attached hydrogen (secondary N) is 2. The number of rotatable bonds is 8. The Bertz CT molecular complexity index is 1130. The van der Waals surface area contributed by atoms with Crippen LogP contribution >= 0.6 is 11.8 Å². The van der Waals surface area contributed by atoms with Gasteiger partial charge in [-0.05, 0) is 49.4 Å². The molecule has 3 aromatic carbocycles. The summed E-state index contributed by atoms with van der Waals surface area (Å²) in [6.07, 6.45) is 0. The van der Waals surface area contributed by atoms with Crippen molar-refractivity contribution in [3.05, 3.63) is 89.7 Å². The van der Waals surface area contributed by atoms with Crippen LogP contribution in [0.1, 0.15) is 15.9 Å². The smallest absolute Gasteiger partial charge is 0.262 e. The van der Waals surface area contributed by atoms with Crippen LogP contribution in [0.25, 0.3) is 0 Å². The van der Waals surface area contributed by atoms with Crippen LogP contribution in [0, 0.1) is 12.7 Å². The van der Waals surface area contributed by atoms with Crippen molar-refractivity contribution in [2.45, 2.75) is 16.7 Å². The summed E-state index contributed by atoms with van der Waals surface area (Å²) >= 11 is 1.62. The lowest BCUT2D eigenvalue weighted by Crippen LogP contribution is -2.26. The minimum Gasteiger partial charge on any atom is -0.351 e. The predicted octanol–water partition coefficient (Wildman–Crippen LogP) is 4.46. The molecule has 1 amide bonds. The molecule has 0 saturated heterocycles. The summed E-state index contributed by atoms with van der Waals surface area (Å²) in [7, 11) is -4.03. The fourth-order valence-corrected chi connectivity index (χ4v) is 4.50. The molecule has 30 heavy (non-hydrogen) atoms. The summed E-state index contributed by atoms with van der Waals surface area (Å²) in [5.74, 6) is -0.370. The van der Waals surface area contributed by atoms with E-state index in [1.807, 2.05) is 31.2 Å². The molecule has 0 radical (unpaired) electrons. The Hall–Kier alpha value is -2.84. The highest BCUT2D eigenvalue weighted by Crippen LogP contribution is 2.20. The number of hydrogen-bond donors (Lipinski definition) is 2. The third kappa shape index (κ3) is 5.84. The number of carbonyl (C=O) groups is 1. The molecule has 0 heterocycles. The summed E-state index contributed by atoms with van der Waals surface area (Å²) in [6, 6.07) is 19.2. The first-order chi connectivity index (χ1) is 14.3. The van der Waals surface area contributed by atoms with Crippen molar-refractivity contribution in [2.75, 3.05) is 17.0 Å². The Labute approximate surface area is 179 Å². The van der Waals surface area contributed by atoms with Crippen molar-refractivity contribution < 1.29 is 17.6 Å². The second-order valence-corrected chi connectivity index (χ2v) is 9.38. The van der Waals surface area contributed by atoms with Gasteiger partial charge in [-0.25, -0.2) is 12.8 Å². The molecule has 0 aliphatic heterocycles. The van der Waals surface area contributed by atoms with Gasteiger partial charge in [0.2, 0.25) is 0 Å². The van der Waals surface area contributed by atoms with Gasteiger partial charge in [0.25, 0.3) is 15.9 Å². The molecule has 156 valence electrons. The normalized spacial score (nSPS) is 11.1. The first-order valence-corrected chi connectivity index (χ1v) is 11.7. The number of halogens is 1. The zero-order valence-electron chi connectivity index (χ0n) is 16.3. The molecule has 0 bridgehead atoms. The van der Waals surface area contributed by atoms with E-state index in [1.54, 1.807) is 11.8 Å². The number of thioether (sulfide) groups is 1. The molecule has 5 nitrogen and oxygen atoms in total. The Morgan fingerprint density at radius 3 is 2.47 bits per heavy atom. The third-order valence-corrected chi connectivity index (χ3v) is 6.58. The number of hydrogen-bond acceptors (Lipinski definition) is 4. The van der Waals surface area contributed by atoms with E-state index in [1.165, 1.54) is 48.0 Å². The maximum absolute atomic E-state index is 13.8. The molecule has 0 aliphatic carbocycles. The summed E-state index contributed by atoms with van der Waals surface area (Å²) in [5, 5.41) is 2.78. The second-order valence-electron chi connectivity index (χ2n) is 6.53. The number of carbonyl (C=O) groups excluding carboxylic acids is 1. The van der Waals surface area contributed by atoms with Gasteiger partial charge in [-0.15, -0.1) is 11.8 Å². The zero-order valence-corrected chi connectivity index (χ0v) is 17.9. The van der Waals surface area contributed by atoms with Crippen LogP contribution < -0.4 is 10.0 Å². The molecule has 0 saturated carbocycles. The van der Waals surface area contributed by atoms with E-state index in [0.29, 0.717) is 12.3 Å². The average Bonchev–Trinajstić information content (AvgIpc) is 2.74. The van der Waals surface area contributed by atoms with Crippen LogP contribution in [0.4, 0.5) is 10.1 Å². The predicted molar refractivity (Wildman–Crippen MR) is 118 cm³/mol. The summed E-state index contributed by atoms with van der Waals surface area (Å²) < 4.78 is 41.1.